The van der Waals surface area contributed by atoms with Crippen molar-refractivity contribution < 1.29 is 4.57 Å². The molecule has 116 valence electrons. The lowest BCUT2D eigenvalue weighted by atomic mass is 10.4. The average Bonchev–Trinajstić information content (AvgIpc) is 2.51. The monoisotopic (exact) mass is 297 g/mol. The molecule has 0 aliphatic heterocycles. The number of nitrogens with zero attached hydrogens (tertiary/aromatic N) is 1. The van der Waals surface area contributed by atoms with E-state index in [1.54, 1.807) is 12.4 Å². The van der Waals surface area contributed by atoms with E-state index in [9.17, 15) is 4.57 Å². The van der Waals surface area contributed by atoms with Gasteiger partial charge in [0.2, 0.25) is 0 Å². The molecule has 0 unspecified atom stereocenters. The SMILES string of the molecule is CCCCP(=O)(CCCC)CCCC.c1ccncc1. The van der Waals surface area contributed by atoms with E-state index < -0.39 is 7.14 Å². The van der Waals surface area contributed by atoms with Crippen LogP contribution in [0.1, 0.15) is 59.3 Å². The Balaban J connectivity index is 0.000000493. The van der Waals surface area contributed by atoms with Crippen LogP contribution in [0.2, 0.25) is 0 Å². The van der Waals surface area contributed by atoms with Crippen LogP contribution in [-0.4, -0.2) is 23.5 Å². The van der Waals surface area contributed by atoms with E-state index in [0.29, 0.717) is 0 Å². The molecule has 0 saturated heterocycles. The largest absolute Gasteiger partial charge is 0.324 e. The molecule has 0 N–H and O–H groups in total. The number of pyridine rings is 1. The molecule has 1 rings (SSSR count). The van der Waals surface area contributed by atoms with Crippen molar-refractivity contribution in [2.75, 3.05) is 18.5 Å². The summed E-state index contributed by atoms with van der Waals surface area (Å²) in [5.41, 5.74) is 0. The summed E-state index contributed by atoms with van der Waals surface area (Å²) in [6.45, 7) is 6.55. The fraction of sp³-hybridized carbons (Fsp3) is 0.706. The lowest BCUT2D eigenvalue weighted by Crippen LogP contribution is -2.00. The first kappa shape index (κ1) is 19.4. The van der Waals surface area contributed by atoms with E-state index in [1.165, 1.54) is 19.3 Å². The van der Waals surface area contributed by atoms with Gasteiger partial charge in [0.1, 0.15) is 0 Å². The zero-order valence-electron chi connectivity index (χ0n) is 13.6. The van der Waals surface area contributed by atoms with Gasteiger partial charge in [-0.05, 0) is 31.4 Å². The van der Waals surface area contributed by atoms with Crippen LogP contribution < -0.4 is 0 Å². The first-order chi connectivity index (χ1) is 9.68. The minimum atomic E-state index is -1.77. The Labute approximate surface area is 125 Å². The highest BCUT2D eigenvalue weighted by molar-refractivity contribution is 7.63. The maximum absolute atomic E-state index is 12.5. The van der Waals surface area contributed by atoms with Gasteiger partial charge in [0.05, 0.1) is 7.14 Å². The molecule has 0 aliphatic carbocycles. The van der Waals surface area contributed by atoms with E-state index >= 15 is 0 Å². The zero-order valence-corrected chi connectivity index (χ0v) is 14.4. The van der Waals surface area contributed by atoms with Gasteiger partial charge in [-0.2, -0.15) is 0 Å². The van der Waals surface area contributed by atoms with Crippen molar-refractivity contribution in [3.8, 4) is 0 Å². The summed E-state index contributed by atoms with van der Waals surface area (Å²) < 4.78 is 12.5. The van der Waals surface area contributed by atoms with Crippen LogP contribution in [0.25, 0.3) is 0 Å². The van der Waals surface area contributed by atoms with Crippen LogP contribution in [0.3, 0.4) is 0 Å². The summed E-state index contributed by atoms with van der Waals surface area (Å²) in [5.74, 6) is 0. The molecular weight excluding hydrogens is 265 g/mol. The van der Waals surface area contributed by atoms with Crippen LogP contribution in [0.15, 0.2) is 30.6 Å². The Morgan fingerprint density at radius 3 is 1.35 bits per heavy atom. The summed E-state index contributed by atoms with van der Waals surface area (Å²) in [6.07, 6.45) is 13.5. The maximum Gasteiger partial charge on any atom is 0.0877 e. The third kappa shape index (κ3) is 11.2. The molecule has 1 aromatic rings. The molecule has 3 heteroatoms. The van der Waals surface area contributed by atoms with Gasteiger partial charge in [0, 0.05) is 30.9 Å². The molecule has 1 heterocycles. The Morgan fingerprint density at radius 1 is 0.750 bits per heavy atom. The Morgan fingerprint density at radius 2 is 1.15 bits per heavy atom. The van der Waals surface area contributed by atoms with Gasteiger partial charge in [0.25, 0.3) is 0 Å². The van der Waals surface area contributed by atoms with Crippen molar-refractivity contribution in [1.29, 1.82) is 0 Å². The van der Waals surface area contributed by atoms with E-state index in [4.69, 9.17) is 0 Å². The van der Waals surface area contributed by atoms with E-state index in [1.807, 2.05) is 18.2 Å². The summed E-state index contributed by atoms with van der Waals surface area (Å²) in [5, 5.41) is 0. The van der Waals surface area contributed by atoms with Gasteiger partial charge >= 0.3 is 0 Å². The van der Waals surface area contributed by atoms with Gasteiger partial charge < -0.3 is 4.57 Å². The standard InChI is InChI=1S/C12H27OP.C5H5N/c1-4-7-10-14(13,11-8-5-2)12-9-6-3;1-2-4-6-5-3-1/h4-12H2,1-3H3;1-5H. The predicted octanol–water partition coefficient (Wildman–Crippen LogP) is 5.83. The third-order valence-electron chi connectivity index (χ3n) is 3.32. The van der Waals surface area contributed by atoms with Crippen LogP contribution in [0.5, 0.6) is 0 Å². The third-order valence-corrected chi connectivity index (χ3v) is 6.72. The van der Waals surface area contributed by atoms with E-state index in [2.05, 4.69) is 25.8 Å². The van der Waals surface area contributed by atoms with Crippen molar-refractivity contribution in [2.24, 2.45) is 0 Å². The number of aromatic nitrogens is 1. The number of hydrogen-bond acceptors (Lipinski definition) is 2. The lowest BCUT2D eigenvalue weighted by molar-refractivity contribution is 0.567. The summed E-state index contributed by atoms with van der Waals surface area (Å²) in [4.78, 5) is 3.78. The first-order valence-electron chi connectivity index (χ1n) is 8.10. The second-order valence-corrected chi connectivity index (χ2v) is 8.77. The summed E-state index contributed by atoms with van der Waals surface area (Å²) >= 11 is 0. The van der Waals surface area contributed by atoms with Gasteiger partial charge in [-0.25, -0.2) is 0 Å². The summed E-state index contributed by atoms with van der Waals surface area (Å²) in [6, 6.07) is 5.72. The minimum absolute atomic E-state index is 1.00. The van der Waals surface area contributed by atoms with Crippen molar-refractivity contribution in [2.45, 2.75) is 59.3 Å². The van der Waals surface area contributed by atoms with E-state index in [-0.39, 0.29) is 0 Å². The highest BCUT2D eigenvalue weighted by Gasteiger charge is 2.19. The van der Waals surface area contributed by atoms with Gasteiger partial charge in [-0.3, -0.25) is 4.98 Å². The molecular formula is C17H32NOP. The predicted molar refractivity (Wildman–Crippen MR) is 91.2 cm³/mol. The molecule has 0 fully saturated rings. The van der Waals surface area contributed by atoms with E-state index in [0.717, 1.165) is 37.7 Å². The second kappa shape index (κ2) is 13.4. The molecule has 2 nitrogen and oxygen atoms in total. The number of rotatable bonds is 9. The average molecular weight is 297 g/mol. The molecule has 0 aliphatic rings. The molecule has 0 bridgehead atoms. The minimum Gasteiger partial charge on any atom is -0.324 e. The van der Waals surface area contributed by atoms with Crippen LogP contribution >= 0.6 is 7.14 Å². The van der Waals surface area contributed by atoms with Crippen LogP contribution in [0, 0.1) is 0 Å². The molecule has 0 spiro atoms. The number of unbranched alkanes of at least 4 members (excludes halogenated alkanes) is 3. The first-order valence-corrected chi connectivity index (χ1v) is 10.4. The van der Waals surface area contributed by atoms with Crippen molar-refractivity contribution >= 4 is 7.14 Å². The molecule has 0 atom stereocenters. The van der Waals surface area contributed by atoms with Crippen LogP contribution in [-0.2, 0) is 4.57 Å². The maximum atomic E-state index is 12.5. The van der Waals surface area contributed by atoms with Crippen molar-refractivity contribution in [1.82, 2.24) is 4.98 Å². The topological polar surface area (TPSA) is 30.0 Å². The molecule has 0 radical (unpaired) electrons. The molecule has 0 aromatic carbocycles. The molecule has 0 amide bonds. The zero-order chi connectivity index (χ0) is 15.1. The molecule has 20 heavy (non-hydrogen) atoms. The van der Waals surface area contributed by atoms with Gasteiger partial charge in [-0.15, -0.1) is 0 Å². The smallest absolute Gasteiger partial charge is 0.0877 e. The Bertz CT molecular complexity index is 285. The second-order valence-electron chi connectivity index (χ2n) is 5.31. The van der Waals surface area contributed by atoms with Gasteiger partial charge in [0.15, 0.2) is 0 Å². The van der Waals surface area contributed by atoms with Crippen LogP contribution in [0.4, 0.5) is 0 Å². The van der Waals surface area contributed by atoms with Crippen molar-refractivity contribution in [3.05, 3.63) is 30.6 Å². The molecule has 0 saturated carbocycles. The Kier molecular flexibility index (Phi) is 13.0. The Hall–Kier alpha value is -0.620. The fourth-order valence-corrected chi connectivity index (χ4v) is 5.34. The highest BCUT2D eigenvalue weighted by Crippen LogP contribution is 2.48. The lowest BCUT2D eigenvalue weighted by Gasteiger charge is -2.17. The molecule has 1 aromatic heterocycles. The van der Waals surface area contributed by atoms with Crippen molar-refractivity contribution in [3.63, 3.8) is 0 Å². The quantitative estimate of drug-likeness (QED) is 0.537. The summed E-state index contributed by atoms with van der Waals surface area (Å²) in [7, 11) is -1.77. The fourth-order valence-electron chi connectivity index (χ4n) is 1.99. The number of hydrogen-bond donors (Lipinski definition) is 0. The van der Waals surface area contributed by atoms with Gasteiger partial charge in [-0.1, -0.05) is 46.1 Å². The highest BCUT2D eigenvalue weighted by atomic mass is 31.2. The normalized spacial score (nSPS) is 10.8.